The van der Waals surface area contributed by atoms with Gasteiger partial charge in [-0.2, -0.15) is 0 Å². The second kappa shape index (κ2) is 7.77. The van der Waals surface area contributed by atoms with Crippen LogP contribution in [0, 0.1) is 23.4 Å². The third-order valence-electron chi connectivity index (χ3n) is 4.26. The Bertz CT molecular complexity index is 649. The van der Waals surface area contributed by atoms with Gasteiger partial charge >= 0.3 is 0 Å². The largest absolute Gasteiger partial charge is 0.316 e. The van der Waals surface area contributed by atoms with Crippen LogP contribution in [0.3, 0.4) is 0 Å². The second-order valence-corrected chi connectivity index (χ2v) is 6.26. The summed E-state index contributed by atoms with van der Waals surface area (Å²) in [6.07, 6.45) is 4.57. The molecule has 1 aromatic carbocycles. The van der Waals surface area contributed by atoms with Crippen molar-refractivity contribution in [1.29, 1.82) is 0 Å². The lowest BCUT2D eigenvalue weighted by atomic mass is 10.1. The van der Waals surface area contributed by atoms with Crippen molar-refractivity contribution in [1.82, 2.24) is 15.2 Å². The molecule has 0 saturated carbocycles. The van der Waals surface area contributed by atoms with Crippen molar-refractivity contribution in [2.45, 2.75) is 19.5 Å². The first kappa shape index (κ1) is 16.9. The van der Waals surface area contributed by atoms with Gasteiger partial charge in [0, 0.05) is 32.0 Å². The van der Waals surface area contributed by atoms with E-state index in [0.717, 1.165) is 43.8 Å². The van der Waals surface area contributed by atoms with Crippen molar-refractivity contribution in [3.8, 4) is 0 Å². The molecule has 1 aromatic heterocycles. The fraction of sp³-hybridized carbons (Fsp3) is 0.389. The summed E-state index contributed by atoms with van der Waals surface area (Å²) >= 11 is 0. The molecule has 0 radical (unpaired) electrons. The highest BCUT2D eigenvalue weighted by Gasteiger charge is 2.20. The van der Waals surface area contributed by atoms with Crippen LogP contribution in [0.2, 0.25) is 0 Å². The van der Waals surface area contributed by atoms with Crippen molar-refractivity contribution in [3.05, 3.63) is 65.2 Å². The standard InChI is InChI=1S/C18H20F3N3/c19-16-6-15(7-17(20)18(16)21)12-24(11-14-3-5-23-9-14)10-13-2-1-4-22-8-13/h1-2,4,6-8,14,23H,3,5,9-12H2. The third kappa shape index (κ3) is 4.33. The van der Waals surface area contributed by atoms with E-state index in [2.05, 4.69) is 15.2 Å². The van der Waals surface area contributed by atoms with Gasteiger partial charge in [-0.1, -0.05) is 6.07 Å². The van der Waals surface area contributed by atoms with Gasteiger partial charge in [-0.25, -0.2) is 13.2 Å². The molecule has 128 valence electrons. The maximum absolute atomic E-state index is 13.5. The van der Waals surface area contributed by atoms with E-state index in [9.17, 15) is 13.2 Å². The Balaban J connectivity index is 1.75. The van der Waals surface area contributed by atoms with Gasteiger partial charge in [0.05, 0.1) is 0 Å². The lowest BCUT2D eigenvalue weighted by molar-refractivity contribution is 0.219. The number of hydrogen-bond donors (Lipinski definition) is 1. The maximum atomic E-state index is 13.5. The second-order valence-electron chi connectivity index (χ2n) is 6.26. The van der Waals surface area contributed by atoms with Crippen molar-refractivity contribution in [2.24, 2.45) is 5.92 Å². The zero-order valence-electron chi connectivity index (χ0n) is 13.3. The summed E-state index contributed by atoms with van der Waals surface area (Å²) in [5.41, 5.74) is 1.47. The highest BCUT2D eigenvalue weighted by molar-refractivity contribution is 5.20. The summed E-state index contributed by atoms with van der Waals surface area (Å²) in [4.78, 5) is 6.23. The molecule has 1 aliphatic heterocycles. The topological polar surface area (TPSA) is 28.2 Å². The number of nitrogens with one attached hydrogen (secondary N) is 1. The average molecular weight is 335 g/mol. The first-order chi connectivity index (χ1) is 11.6. The molecule has 0 aliphatic carbocycles. The van der Waals surface area contributed by atoms with E-state index in [1.807, 2.05) is 12.1 Å². The Morgan fingerprint density at radius 3 is 2.50 bits per heavy atom. The van der Waals surface area contributed by atoms with E-state index < -0.39 is 17.5 Å². The van der Waals surface area contributed by atoms with E-state index in [1.165, 1.54) is 0 Å². The average Bonchev–Trinajstić information content (AvgIpc) is 3.06. The monoisotopic (exact) mass is 335 g/mol. The van der Waals surface area contributed by atoms with E-state index in [-0.39, 0.29) is 0 Å². The van der Waals surface area contributed by atoms with Crippen LogP contribution in [0.1, 0.15) is 17.5 Å². The van der Waals surface area contributed by atoms with Gasteiger partial charge in [0.15, 0.2) is 17.5 Å². The Morgan fingerprint density at radius 1 is 1.12 bits per heavy atom. The molecule has 2 heterocycles. The summed E-state index contributed by atoms with van der Waals surface area (Å²) in [5.74, 6) is -3.21. The zero-order valence-corrected chi connectivity index (χ0v) is 13.3. The normalized spacial score (nSPS) is 17.6. The number of benzene rings is 1. The predicted molar refractivity (Wildman–Crippen MR) is 85.6 cm³/mol. The van der Waals surface area contributed by atoms with Crippen LogP contribution in [0.25, 0.3) is 0 Å². The van der Waals surface area contributed by atoms with Crippen LogP contribution in [-0.4, -0.2) is 29.5 Å². The number of aromatic nitrogens is 1. The Morgan fingerprint density at radius 2 is 1.88 bits per heavy atom. The van der Waals surface area contributed by atoms with Crippen LogP contribution < -0.4 is 5.32 Å². The summed E-state index contributed by atoms with van der Waals surface area (Å²) in [5, 5.41) is 3.32. The summed E-state index contributed by atoms with van der Waals surface area (Å²) in [6.45, 7) is 3.73. The molecule has 0 spiro atoms. The zero-order chi connectivity index (χ0) is 16.9. The molecular formula is C18H20F3N3. The van der Waals surface area contributed by atoms with Crippen molar-refractivity contribution < 1.29 is 13.2 Å². The van der Waals surface area contributed by atoms with Crippen LogP contribution in [-0.2, 0) is 13.1 Å². The number of pyridine rings is 1. The van der Waals surface area contributed by atoms with Gasteiger partial charge in [0.25, 0.3) is 0 Å². The summed E-state index contributed by atoms with van der Waals surface area (Å²) < 4.78 is 40.1. The molecule has 3 nitrogen and oxygen atoms in total. The molecule has 1 unspecified atom stereocenters. The molecule has 0 amide bonds. The number of hydrogen-bond acceptors (Lipinski definition) is 3. The lowest BCUT2D eigenvalue weighted by Crippen LogP contribution is -2.30. The molecule has 1 atom stereocenters. The molecule has 1 fully saturated rings. The van der Waals surface area contributed by atoms with E-state index in [1.54, 1.807) is 12.4 Å². The van der Waals surface area contributed by atoms with Gasteiger partial charge in [0.1, 0.15) is 0 Å². The number of nitrogens with zero attached hydrogens (tertiary/aromatic N) is 2. The SMILES string of the molecule is Fc1cc(CN(Cc2cccnc2)CC2CCNC2)cc(F)c1F. The molecule has 2 aromatic rings. The smallest absolute Gasteiger partial charge is 0.194 e. The van der Waals surface area contributed by atoms with Gasteiger partial charge < -0.3 is 5.32 Å². The minimum atomic E-state index is -1.42. The highest BCUT2D eigenvalue weighted by Crippen LogP contribution is 2.18. The fourth-order valence-corrected chi connectivity index (χ4v) is 3.13. The van der Waals surface area contributed by atoms with Gasteiger partial charge in [-0.3, -0.25) is 9.88 Å². The fourth-order valence-electron chi connectivity index (χ4n) is 3.13. The maximum Gasteiger partial charge on any atom is 0.194 e. The quantitative estimate of drug-likeness (QED) is 0.822. The van der Waals surface area contributed by atoms with Gasteiger partial charge in [-0.05, 0) is 54.8 Å². The molecule has 1 N–H and O–H groups in total. The van der Waals surface area contributed by atoms with Crippen LogP contribution >= 0.6 is 0 Å². The van der Waals surface area contributed by atoms with Gasteiger partial charge in [0.2, 0.25) is 0 Å². The molecule has 6 heteroatoms. The van der Waals surface area contributed by atoms with Gasteiger partial charge in [-0.15, -0.1) is 0 Å². The summed E-state index contributed by atoms with van der Waals surface area (Å²) in [7, 11) is 0. The Hall–Kier alpha value is -1.92. The first-order valence-corrected chi connectivity index (χ1v) is 8.07. The molecular weight excluding hydrogens is 315 g/mol. The highest BCUT2D eigenvalue weighted by atomic mass is 19.2. The Labute approximate surface area is 139 Å². The first-order valence-electron chi connectivity index (χ1n) is 8.07. The minimum absolute atomic E-state index is 0.361. The Kier molecular flexibility index (Phi) is 5.48. The van der Waals surface area contributed by atoms with Crippen LogP contribution in [0.15, 0.2) is 36.7 Å². The molecule has 1 aliphatic rings. The van der Waals surface area contributed by atoms with Crippen molar-refractivity contribution in [3.63, 3.8) is 0 Å². The predicted octanol–water partition coefficient (Wildman–Crippen LogP) is 3.11. The van der Waals surface area contributed by atoms with E-state index in [4.69, 9.17) is 0 Å². The van der Waals surface area contributed by atoms with Crippen molar-refractivity contribution >= 4 is 0 Å². The van der Waals surface area contributed by atoms with E-state index >= 15 is 0 Å². The molecule has 24 heavy (non-hydrogen) atoms. The van der Waals surface area contributed by atoms with Crippen LogP contribution in [0.5, 0.6) is 0 Å². The van der Waals surface area contributed by atoms with E-state index in [0.29, 0.717) is 24.6 Å². The van der Waals surface area contributed by atoms with Crippen molar-refractivity contribution in [2.75, 3.05) is 19.6 Å². The molecule has 1 saturated heterocycles. The molecule has 0 bridgehead atoms. The lowest BCUT2D eigenvalue weighted by Gasteiger charge is -2.25. The van der Waals surface area contributed by atoms with Crippen LogP contribution in [0.4, 0.5) is 13.2 Å². The summed E-state index contributed by atoms with van der Waals surface area (Å²) in [6, 6.07) is 5.98. The molecule has 3 rings (SSSR count). The number of rotatable bonds is 6. The third-order valence-corrected chi connectivity index (χ3v) is 4.26. The minimum Gasteiger partial charge on any atom is -0.316 e. The number of halogens is 3.